The highest BCUT2D eigenvalue weighted by atomic mass is 16.5. The van der Waals surface area contributed by atoms with Gasteiger partial charge in [0.25, 0.3) is 0 Å². The molecule has 5 rings (SSSR count). The topological polar surface area (TPSA) is 76.6 Å². The Morgan fingerprint density at radius 1 is 1.00 bits per heavy atom. The zero-order valence-electron chi connectivity index (χ0n) is 22.9. The molecule has 4 aromatic rings. The maximum atomic E-state index is 12.9. The van der Waals surface area contributed by atoms with Gasteiger partial charge in [0.2, 0.25) is 5.91 Å². The maximum Gasteiger partial charge on any atom is 0.223 e. The van der Waals surface area contributed by atoms with Crippen molar-refractivity contribution in [1.29, 1.82) is 0 Å². The molecular formula is C32H36N4O3. The molecule has 0 bridgehead atoms. The molecule has 1 heterocycles. The lowest BCUT2D eigenvalue weighted by Gasteiger charge is -2.23. The van der Waals surface area contributed by atoms with Gasteiger partial charge in [-0.2, -0.15) is 0 Å². The van der Waals surface area contributed by atoms with Crippen LogP contribution < -0.4 is 14.8 Å². The van der Waals surface area contributed by atoms with E-state index in [-0.39, 0.29) is 5.91 Å². The van der Waals surface area contributed by atoms with E-state index in [0.29, 0.717) is 25.6 Å². The number of rotatable bonds is 12. The van der Waals surface area contributed by atoms with Gasteiger partial charge in [0, 0.05) is 42.6 Å². The first-order valence-electron chi connectivity index (χ1n) is 13.7. The fourth-order valence-electron chi connectivity index (χ4n) is 4.88. The summed E-state index contributed by atoms with van der Waals surface area (Å²) in [7, 11) is 3.30. The number of hydrogen-bond acceptors (Lipinski definition) is 6. The summed E-state index contributed by atoms with van der Waals surface area (Å²) in [5.74, 6) is 2.54. The van der Waals surface area contributed by atoms with Crippen LogP contribution in [0.15, 0.2) is 67.0 Å². The number of nitrogens with one attached hydrogen (secondary N) is 1. The molecule has 1 aliphatic rings. The van der Waals surface area contributed by atoms with Crippen LogP contribution in [0.25, 0.3) is 22.0 Å². The SMILES string of the molecule is CCCCC(=O)N(Cc1cccc(-c2ccc3ncnc(NCc4ccc(OC)cc4OC)c3c2)c1)C1CC1. The summed E-state index contributed by atoms with van der Waals surface area (Å²) in [6.45, 7) is 3.33. The van der Waals surface area contributed by atoms with Crippen molar-refractivity contribution >= 4 is 22.6 Å². The Hall–Kier alpha value is -4.13. The number of hydrogen-bond donors (Lipinski definition) is 1. The standard InChI is InChI=1S/C32H36N4O3/c1-4-5-9-31(37)36(26-12-13-26)20-22-7-6-8-23(16-22)24-11-15-29-28(17-24)32(35-21-34-29)33-19-25-10-14-27(38-2)18-30(25)39-3/h6-8,10-11,14-18,21,26H,4-5,9,12-13,19-20H2,1-3H3,(H,33,34,35). The number of ether oxygens (including phenoxy) is 2. The molecule has 7 nitrogen and oxygen atoms in total. The van der Waals surface area contributed by atoms with Gasteiger partial charge in [-0.15, -0.1) is 0 Å². The summed E-state index contributed by atoms with van der Waals surface area (Å²) in [6, 6.07) is 20.9. The highest BCUT2D eigenvalue weighted by Crippen LogP contribution is 2.32. The van der Waals surface area contributed by atoms with Gasteiger partial charge in [0.1, 0.15) is 23.6 Å². The number of aromatic nitrogens is 2. The lowest BCUT2D eigenvalue weighted by Crippen LogP contribution is -2.32. The summed E-state index contributed by atoms with van der Waals surface area (Å²) in [5, 5.41) is 4.41. The van der Waals surface area contributed by atoms with Crippen molar-refractivity contribution in [3.8, 4) is 22.6 Å². The molecule has 0 radical (unpaired) electrons. The second kappa shape index (κ2) is 12.2. The molecule has 0 atom stereocenters. The number of amides is 1. The van der Waals surface area contributed by atoms with Gasteiger partial charge in [-0.1, -0.05) is 37.6 Å². The molecule has 0 aliphatic heterocycles. The number of benzene rings is 3. The van der Waals surface area contributed by atoms with Crippen molar-refractivity contribution in [2.75, 3.05) is 19.5 Å². The molecule has 1 aliphatic carbocycles. The van der Waals surface area contributed by atoms with E-state index in [1.807, 2.05) is 24.3 Å². The Kier molecular flexibility index (Phi) is 8.25. The number of methoxy groups -OCH3 is 2. The third-order valence-electron chi connectivity index (χ3n) is 7.24. The predicted octanol–water partition coefficient (Wildman–Crippen LogP) is 6.61. The summed E-state index contributed by atoms with van der Waals surface area (Å²) in [4.78, 5) is 24.0. The van der Waals surface area contributed by atoms with Crippen molar-refractivity contribution in [2.45, 2.75) is 58.2 Å². The van der Waals surface area contributed by atoms with Crippen LogP contribution in [0.1, 0.15) is 50.2 Å². The third kappa shape index (κ3) is 6.30. The van der Waals surface area contributed by atoms with Crippen LogP contribution in [0, 0.1) is 0 Å². The largest absolute Gasteiger partial charge is 0.497 e. The van der Waals surface area contributed by atoms with Crippen LogP contribution in [0.2, 0.25) is 0 Å². The molecule has 3 aromatic carbocycles. The van der Waals surface area contributed by atoms with Crippen LogP contribution in [-0.4, -0.2) is 41.0 Å². The van der Waals surface area contributed by atoms with Crippen LogP contribution >= 0.6 is 0 Å². The van der Waals surface area contributed by atoms with Crippen LogP contribution in [0.3, 0.4) is 0 Å². The lowest BCUT2D eigenvalue weighted by atomic mass is 10.0. The van der Waals surface area contributed by atoms with E-state index in [2.05, 4.69) is 63.5 Å². The van der Waals surface area contributed by atoms with E-state index in [9.17, 15) is 4.79 Å². The Morgan fingerprint density at radius 3 is 2.62 bits per heavy atom. The number of anilines is 1. The van der Waals surface area contributed by atoms with E-state index in [4.69, 9.17) is 9.47 Å². The number of carbonyl (C=O) groups is 1. The van der Waals surface area contributed by atoms with Gasteiger partial charge in [-0.05, 0) is 66.3 Å². The van der Waals surface area contributed by atoms with E-state index >= 15 is 0 Å². The minimum absolute atomic E-state index is 0.275. The van der Waals surface area contributed by atoms with Crippen molar-refractivity contribution in [1.82, 2.24) is 14.9 Å². The third-order valence-corrected chi connectivity index (χ3v) is 7.24. The molecule has 1 N–H and O–H groups in total. The molecule has 39 heavy (non-hydrogen) atoms. The van der Waals surface area contributed by atoms with Crippen LogP contribution in [-0.2, 0) is 17.9 Å². The van der Waals surface area contributed by atoms with E-state index < -0.39 is 0 Å². The van der Waals surface area contributed by atoms with E-state index in [1.165, 1.54) is 0 Å². The Morgan fingerprint density at radius 2 is 1.85 bits per heavy atom. The average molecular weight is 525 g/mol. The van der Waals surface area contributed by atoms with E-state index in [1.54, 1.807) is 20.5 Å². The number of nitrogens with zero attached hydrogens (tertiary/aromatic N) is 3. The molecule has 1 aromatic heterocycles. The molecule has 0 saturated heterocycles. The van der Waals surface area contributed by atoms with Gasteiger partial charge in [0.15, 0.2) is 0 Å². The first-order valence-corrected chi connectivity index (χ1v) is 13.7. The highest BCUT2D eigenvalue weighted by molar-refractivity contribution is 5.92. The summed E-state index contributed by atoms with van der Waals surface area (Å²) >= 11 is 0. The molecule has 1 amide bonds. The number of carbonyl (C=O) groups excluding carboxylic acids is 1. The first kappa shape index (κ1) is 26.5. The molecule has 0 spiro atoms. The molecular weight excluding hydrogens is 488 g/mol. The van der Waals surface area contributed by atoms with Crippen molar-refractivity contribution in [2.24, 2.45) is 0 Å². The second-order valence-electron chi connectivity index (χ2n) is 10.0. The van der Waals surface area contributed by atoms with Gasteiger partial charge in [-0.25, -0.2) is 9.97 Å². The maximum absolute atomic E-state index is 12.9. The zero-order chi connectivity index (χ0) is 27.2. The molecule has 1 fully saturated rings. The lowest BCUT2D eigenvalue weighted by molar-refractivity contribution is -0.132. The zero-order valence-corrected chi connectivity index (χ0v) is 22.9. The van der Waals surface area contributed by atoms with Crippen molar-refractivity contribution in [3.63, 3.8) is 0 Å². The fourth-order valence-corrected chi connectivity index (χ4v) is 4.88. The smallest absolute Gasteiger partial charge is 0.223 e. The Balaban J connectivity index is 1.38. The molecule has 1 saturated carbocycles. The fraction of sp³-hybridized carbons (Fsp3) is 0.344. The Bertz CT molecular complexity index is 1450. The molecule has 7 heteroatoms. The molecule has 0 unspecified atom stereocenters. The van der Waals surface area contributed by atoms with Gasteiger partial charge in [-0.3, -0.25) is 4.79 Å². The molecule has 202 valence electrons. The van der Waals surface area contributed by atoms with Gasteiger partial charge >= 0.3 is 0 Å². The summed E-state index contributed by atoms with van der Waals surface area (Å²) < 4.78 is 10.9. The van der Waals surface area contributed by atoms with E-state index in [0.717, 1.165) is 76.2 Å². The van der Waals surface area contributed by atoms with Crippen LogP contribution in [0.5, 0.6) is 11.5 Å². The van der Waals surface area contributed by atoms with Crippen LogP contribution in [0.4, 0.5) is 5.82 Å². The van der Waals surface area contributed by atoms with Gasteiger partial charge in [0.05, 0.1) is 19.7 Å². The minimum Gasteiger partial charge on any atom is -0.497 e. The monoisotopic (exact) mass is 524 g/mol. The first-order chi connectivity index (χ1) is 19.1. The normalized spacial score (nSPS) is 12.8. The number of unbranched alkanes of at least 4 members (excludes halogenated alkanes) is 1. The van der Waals surface area contributed by atoms with Crippen molar-refractivity contribution in [3.05, 3.63) is 78.1 Å². The summed E-state index contributed by atoms with van der Waals surface area (Å²) in [5.41, 5.74) is 5.22. The highest BCUT2D eigenvalue weighted by Gasteiger charge is 2.32. The minimum atomic E-state index is 0.275. The predicted molar refractivity (Wildman–Crippen MR) is 155 cm³/mol. The average Bonchev–Trinajstić information content (AvgIpc) is 3.83. The number of fused-ring (bicyclic) bond motifs is 1. The quantitative estimate of drug-likeness (QED) is 0.225. The van der Waals surface area contributed by atoms with Gasteiger partial charge < -0.3 is 19.7 Å². The second-order valence-corrected chi connectivity index (χ2v) is 10.0. The van der Waals surface area contributed by atoms with Crippen molar-refractivity contribution < 1.29 is 14.3 Å². The summed E-state index contributed by atoms with van der Waals surface area (Å²) in [6.07, 6.45) is 6.42. The Labute approximate surface area is 230 Å².